The molecule has 2 amide bonds. The molecule has 164 valence electrons. The van der Waals surface area contributed by atoms with Crippen molar-refractivity contribution in [1.82, 2.24) is 15.2 Å². The van der Waals surface area contributed by atoms with Crippen LogP contribution in [0.4, 0.5) is 0 Å². The zero-order valence-electron chi connectivity index (χ0n) is 18.2. The van der Waals surface area contributed by atoms with Gasteiger partial charge in [0, 0.05) is 28.7 Å². The summed E-state index contributed by atoms with van der Waals surface area (Å²) in [4.78, 5) is 30.7. The van der Waals surface area contributed by atoms with Crippen LogP contribution < -0.4 is 10.1 Å². The van der Waals surface area contributed by atoms with Crippen molar-refractivity contribution in [2.75, 3.05) is 13.7 Å². The van der Waals surface area contributed by atoms with Crippen LogP contribution in [0.2, 0.25) is 0 Å². The van der Waals surface area contributed by atoms with Crippen molar-refractivity contribution in [3.63, 3.8) is 0 Å². The molecule has 0 saturated heterocycles. The Morgan fingerprint density at radius 2 is 1.70 bits per heavy atom. The second-order valence-corrected chi connectivity index (χ2v) is 8.51. The molecule has 0 fully saturated rings. The highest BCUT2D eigenvalue weighted by Crippen LogP contribution is 2.36. The molecule has 0 spiro atoms. The molecule has 6 heteroatoms. The average molecular weight is 437 g/mol. The third kappa shape index (κ3) is 3.06. The Hall–Kier alpha value is -3.90. The minimum Gasteiger partial charge on any atom is -0.496 e. The summed E-state index contributed by atoms with van der Waals surface area (Å²) in [5.41, 5.74) is 6.41. The van der Waals surface area contributed by atoms with Gasteiger partial charge in [0.25, 0.3) is 11.8 Å². The molecule has 33 heavy (non-hydrogen) atoms. The fraction of sp³-hybridized carbons (Fsp3) is 0.185. The minimum atomic E-state index is -0.267. The van der Waals surface area contributed by atoms with Crippen LogP contribution in [0.5, 0.6) is 5.75 Å². The maximum atomic E-state index is 12.9. The van der Waals surface area contributed by atoms with E-state index >= 15 is 0 Å². The highest BCUT2D eigenvalue weighted by atomic mass is 16.5. The van der Waals surface area contributed by atoms with E-state index in [1.165, 1.54) is 21.5 Å². The third-order valence-electron chi connectivity index (χ3n) is 6.70. The molecule has 6 nitrogen and oxygen atoms in total. The molecule has 1 aromatic heterocycles. The molecule has 4 aromatic rings. The van der Waals surface area contributed by atoms with Crippen LogP contribution in [0.15, 0.2) is 66.7 Å². The van der Waals surface area contributed by atoms with Crippen LogP contribution in [0.25, 0.3) is 10.9 Å². The van der Waals surface area contributed by atoms with Gasteiger partial charge < -0.3 is 15.0 Å². The Labute approximate surface area is 191 Å². The van der Waals surface area contributed by atoms with E-state index in [0.29, 0.717) is 16.9 Å². The zero-order valence-corrected chi connectivity index (χ0v) is 18.2. The summed E-state index contributed by atoms with van der Waals surface area (Å²) in [5.74, 6) is 0.122. The number of methoxy groups -OCH3 is 1. The average Bonchev–Trinajstić information content (AvgIpc) is 3.35. The summed E-state index contributed by atoms with van der Waals surface area (Å²) >= 11 is 0. The van der Waals surface area contributed by atoms with Crippen LogP contribution in [0, 0.1) is 0 Å². The molecule has 3 aromatic carbocycles. The van der Waals surface area contributed by atoms with Crippen LogP contribution in [-0.2, 0) is 13.0 Å². The highest BCUT2D eigenvalue weighted by Gasteiger charge is 2.35. The molecule has 6 rings (SSSR count). The molecule has 0 aliphatic carbocycles. The van der Waals surface area contributed by atoms with Gasteiger partial charge in [-0.2, -0.15) is 0 Å². The lowest BCUT2D eigenvalue weighted by molar-refractivity contribution is 0.0641. The summed E-state index contributed by atoms with van der Waals surface area (Å²) in [7, 11) is 1.61. The fourth-order valence-corrected chi connectivity index (χ4v) is 5.12. The van der Waals surface area contributed by atoms with Gasteiger partial charge in [-0.25, -0.2) is 0 Å². The first-order chi connectivity index (χ1) is 16.2. The van der Waals surface area contributed by atoms with Crippen molar-refractivity contribution >= 4 is 22.7 Å². The van der Waals surface area contributed by atoms with E-state index in [2.05, 4.69) is 28.5 Å². The van der Waals surface area contributed by atoms with E-state index in [0.717, 1.165) is 29.6 Å². The van der Waals surface area contributed by atoms with Crippen molar-refractivity contribution < 1.29 is 14.3 Å². The van der Waals surface area contributed by atoms with E-state index in [4.69, 9.17) is 4.74 Å². The van der Waals surface area contributed by atoms with Gasteiger partial charge in [-0.05, 0) is 47.9 Å². The highest BCUT2D eigenvalue weighted by molar-refractivity contribution is 6.21. The van der Waals surface area contributed by atoms with E-state index in [9.17, 15) is 9.59 Å². The fourth-order valence-electron chi connectivity index (χ4n) is 5.12. The van der Waals surface area contributed by atoms with Crippen molar-refractivity contribution in [1.29, 1.82) is 0 Å². The topological polar surface area (TPSA) is 74.4 Å². The first-order valence-electron chi connectivity index (χ1n) is 11.1. The number of hydrogen-bond acceptors (Lipinski definition) is 4. The lowest BCUT2D eigenvalue weighted by Crippen LogP contribution is -2.31. The maximum Gasteiger partial charge on any atom is 0.261 e. The van der Waals surface area contributed by atoms with E-state index in [-0.39, 0.29) is 24.4 Å². The van der Waals surface area contributed by atoms with Gasteiger partial charge in [0.1, 0.15) is 5.75 Å². The number of H-pyrrole nitrogens is 1. The predicted molar refractivity (Wildman–Crippen MR) is 125 cm³/mol. The smallest absolute Gasteiger partial charge is 0.261 e. The molecule has 2 aliphatic heterocycles. The van der Waals surface area contributed by atoms with Crippen LogP contribution >= 0.6 is 0 Å². The number of ether oxygens (including phenoxy) is 1. The summed E-state index contributed by atoms with van der Waals surface area (Å²) in [6.07, 6.45) is 0.966. The van der Waals surface area contributed by atoms with Crippen molar-refractivity contribution in [2.24, 2.45) is 0 Å². The number of carbonyl (C=O) groups is 2. The molecule has 2 N–H and O–H groups in total. The number of nitrogens with one attached hydrogen (secondary N) is 2. The van der Waals surface area contributed by atoms with Gasteiger partial charge in [-0.15, -0.1) is 0 Å². The van der Waals surface area contributed by atoms with Crippen molar-refractivity contribution in [3.05, 3.63) is 100 Å². The summed E-state index contributed by atoms with van der Waals surface area (Å²) in [5, 5.41) is 4.89. The summed E-state index contributed by atoms with van der Waals surface area (Å²) in [6, 6.07) is 21.3. The molecule has 0 radical (unpaired) electrons. The largest absolute Gasteiger partial charge is 0.496 e. The number of para-hydroxylation sites is 1. The quantitative estimate of drug-likeness (QED) is 0.469. The van der Waals surface area contributed by atoms with Gasteiger partial charge in [0.15, 0.2) is 0 Å². The number of benzene rings is 3. The summed E-state index contributed by atoms with van der Waals surface area (Å²) in [6.45, 7) is 1.04. The summed E-state index contributed by atoms with van der Waals surface area (Å²) < 4.78 is 5.59. The van der Waals surface area contributed by atoms with E-state index < -0.39 is 0 Å². The number of nitrogens with zero attached hydrogens (tertiary/aromatic N) is 1. The lowest BCUT2D eigenvalue weighted by atomic mass is 9.93. The molecule has 0 bridgehead atoms. The van der Waals surface area contributed by atoms with Crippen molar-refractivity contribution in [2.45, 2.75) is 19.0 Å². The number of aromatic nitrogens is 1. The van der Waals surface area contributed by atoms with Gasteiger partial charge >= 0.3 is 0 Å². The number of fused-ring (bicyclic) bond motifs is 4. The second kappa shape index (κ2) is 7.60. The standard InChI is InChI=1S/C27H23N3O3/c1-33-23-11-10-16(24-25-19(12-13-28-24)18-6-4-5-9-22(18)29-25)14-17(23)15-30-26(31)20-7-2-3-8-21(20)27(30)32/h2-11,14,24,28-29H,12-13,15H2,1H3/t24-/m1/s1. The van der Waals surface area contributed by atoms with Crippen LogP contribution in [0.1, 0.15) is 49.1 Å². The Balaban J connectivity index is 1.38. The first-order valence-corrected chi connectivity index (χ1v) is 11.1. The Bertz CT molecular complexity index is 1390. The minimum absolute atomic E-state index is 0.00650. The number of hydrogen-bond donors (Lipinski definition) is 2. The molecular formula is C27H23N3O3. The molecular weight excluding hydrogens is 414 g/mol. The molecule has 0 saturated carbocycles. The maximum absolute atomic E-state index is 12.9. The predicted octanol–water partition coefficient (Wildman–Crippen LogP) is 4.21. The SMILES string of the molecule is COc1ccc([C@H]2NCCc3c2[nH]c2ccccc32)cc1CN1C(=O)c2ccccc2C1=O. The Morgan fingerprint density at radius 1 is 0.970 bits per heavy atom. The monoisotopic (exact) mass is 437 g/mol. The number of amides is 2. The second-order valence-electron chi connectivity index (χ2n) is 8.51. The molecule has 1 atom stereocenters. The van der Waals surface area contributed by atoms with Crippen LogP contribution in [0.3, 0.4) is 0 Å². The number of aromatic amines is 1. The van der Waals surface area contributed by atoms with Gasteiger partial charge in [0.2, 0.25) is 0 Å². The van der Waals surface area contributed by atoms with Gasteiger partial charge in [0.05, 0.1) is 30.8 Å². The molecule has 0 unspecified atom stereocenters. The van der Waals surface area contributed by atoms with Gasteiger partial charge in [-0.1, -0.05) is 36.4 Å². The Kier molecular flexibility index (Phi) is 4.55. The van der Waals surface area contributed by atoms with E-state index in [1.807, 2.05) is 24.3 Å². The lowest BCUT2D eigenvalue weighted by Gasteiger charge is -2.26. The number of carbonyl (C=O) groups excluding carboxylic acids is 2. The molecule has 2 aliphatic rings. The Morgan fingerprint density at radius 3 is 2.45 bits per heavy atom. The van der Waals surface area contributed by atoms with Gasteiger partial charge in [-0.3, -0.25) is 14.5 Å². The number of rotatable bonds is 4. The molecule has 3 heterocycles. The van der Waals surface area contributed by atoms with Crippen LogP contribution in [-0.4, -0.2) is 35.4 Å². The first kappa shape index (κ1) is 19.8. The van der Waals surface area contributed by atoms with E-state index in [1.54, 1.807) is 31.4 Å². The van der Waals surface area contributed by atoms with Crippen molar-refractivity contribution in [3.8, 4) is 5.75 Å². The number of imide groups is 1. The third-order valence-corrected chi connectivity index (χ3v) is 6.70. The zero-order chi connectivity index (χ0) is 22.5. The normalized spacial score (nSPS) is 17.4.